The molecule has 2 heterocycles. The van der Waals surface area contributed by atoms with E-state index < -0.39 is 0 Å². The Morgan fingerprint density at radius 2 is 1.91 bits per heavy atom. The Morgan fingerprint density at radius 1 is 1.18 bits per heavy atom. The number of ether oxygens (including phenoxy) is 1. The van der Waals surface area contributed by atoms with Crippen LogP contribution in [0.25, 0.3) is 0 Å². The fraction of sp³-hybridized carbons (Fsp3) is 0.500. The number of amides is 2. The van der Waals surface area contributed by atoms with Crippen LogP contribution in [0.15, 0.2) is 24.5 Å². The van der Waals surface area contributed by atoms with E-state index in [1.807, 2.05) is 12.1 Å². The van der Waals surface area contributed by atoms with Crippen molar-refractivity contribution in [2.24, 2.45) is 5.92 Å². The van der Waals surface area contributed by atoms with E-state index >= 15 is 0 Å². The first kappa shape index (κ1) is 24.2. The lowest BCUT2D eigenvalue weighted by Gasteiger charge is -2.30. The van der Waals surface area contributed by atoms with Crippen LogP contribution in [0.3, 0.4) is 0 Å². The molecule has 1 aliphatic heterocycles. The van der Waals surface area contributed by atoms with Crippen LogP contribution in [0.5, 0.6) is 0 Å². The molecule has 2 aromatic rings. The standard InChI is InChI=1S/C24H30ClN5O4/c1-2-20(31)21-22(27-14-26-21)24(33)28-16-5-3-15(4-6-16)23(32)29-19-13-17(7-8-18(19)25)30-9-11-34-12-10-30/h7-8,13-16H,2-6,9-12H2,1H3,(H,26,27)(H,28,33)(H,29,32). The highest BCUT2D eigenvalue weighted by Gasteiger charge is 2.29. The Morgan fingerprint density at radius 3 is 2.62 bits per heavy atom. The molecular weight excluding hydrogens is 458 g/mol. The molecule has 1 aromatic carbocycles. The van der Waals surface area contributed by atoms with Crippen molar-refractivity contribution in [1.29, 1.82) is 0 Å². The first-order valence-corrected chi connectivity index (χ1v) is 12.1. The summed E-state index contributed by atoms with van der Waals surface area (Å²) >= 11 is 6.36. The predicted octanol–water partition coefficient (Wildman–Crippen LogP) is 3.42. The zero-order valence-electron chi connectivity index (χ0n) is 19.2. The molecule has 1 saturated carbocycles. The lowest BCUT2D eigenvalue weighted by Crippen LogP contribution is -2.40. The summed E-state index contributed by atoms with van der Waals surface area (Å²) in [6.45, 7) is 4.70. The van der Waals surface area contributed by atoms with Gasteiger partial charge in [0.1, 0.15) is 11.4 Å². The molecule has 0 atom stereocenters. The third kappa shape index (κ3) is 5.59. The predicted molar refractivity (Wildman–Crippen MR) is 130 cm³/mol. The van der Waals surface area contributed by atoms with Crippen molar-refractivity contribution in [3.05, 3.63) is 40.9 Å². The zero-order valence-corrected chi connectivity index (χ0v) is 20.0. The number of hydrogen-bond acceptors (Lipinski definition) is 6. The Hall–Kier alpha value is -2.91. The molecule has 0 unspecified atom stereocenters. The number of aromatic amines is 1. The second kappa shape index (κ2) is 11.0. The highest BCUT2D eigenvalue weighted by atomic mass is 35.5. The van der Waals surface area contributed by atoms with Gasteiger partial charge in [0, 0.05) is 37.2 Å². The monoisotopic (exact) mass is 487 g/mol. The van der Waals surface area contributed by atoms with Crippen molar-refractivity contribution in [3.63, 3.8) is 0 Å². The number of H-pyrrole nitrogens is 1. The van der Waals surface area contributed by atoms with Gasteiger partial charge in [-0.3, -0.25) is 14.4 Å². The highest BCUT2D eigenvalue weighted by molar-refractivity contribution is 6.33. The normalized spacial score (nSPS) is 20.6. The maximum absolute atomic E-state index is 12.9. The average molecular weight is 488 g/mol. The number of benzene rings is 1. The van der Waals surface area contributed by atoms with E-state index in [1.165, 1.54) is 6.33 Å². The third-order valence-corrected chi connectivity index (χ3v) is 6.80. The summed E-state index contributed by atoms with van der Waals surface area (Å²) in [7, 11) is 0. The Labute approximate surface area is 203 Å². The minimum atomic E-state index is -0.339. The van der Waals surface area contributed by atoms with Gasteiger partial charge in [-0.05, 0) is 43.9 Å². The number of carbonyl (C=O) groups is 3. The lowest BCUT2D eigenvalue weighted by molar-refractivity contribution is -0.120. The maximum atomic E-state index is 12.9. The molecule has 4 rings (SSSR count). The van der Waals surface area contributed by atoms with Gasteiger partial charge in [-0.25, -0.2) is 4.98 Å². The Kier molecular flexibility index (Phi) is 7.84. The summed E-state index contributed by atoms with van der Waals surface area (Å²) in [4.78, 5) is 46.5. The van der Waals surface area contributed by atoms with Gasteiger partial charge >= 0.3 is 0 Å². The topological polar surface area (TPSA) is 116 Å². The van der Waals surface area contributed by atoms with Gasteiger partial charge < -0.3 is 25.3 Å². The molecule has 34 heavy (non-hydrogen) atoms. The number of rotatable bonds is 7. The molecule has 2 amide bonds. The van der Waals surface area contributed by atoms with Gasteiger partial charge in [0.25, 0.3) is 5.91 Å². The van der Waals surface area contributed by atoms with Crippen LogP contribution in [-0.4, -0.2) is 59.9 Å². The number of anilines is 2. The van der Waals surface area contributed by atoms with Crippen LogP contribution in [0, 0.1) is 5.92 Å². The molecule has 182 valence electrons. The third-order valence-electron chi connectivity index (χ3n) is 6.47. The van der Waals surface area contributed by atoms with Crippen LogP contribution in [0.1, 0.15) is 60.0 Å². The maximum Gasteiger partial charge on any atom is 0.270 e. The van der Waals surface area contributed by atoms with E-state index in [4.69, 9.17) is 16.3 Å². The molecular formula is C24H30ClN5O4. The molecule has 9 nitrogen and oxygen atoms in total. The number of hydrogen-bond donors (Lipinski definition) is 3. The van der Waals surface area contributed by atoms with Crippen molar-refractivity contribution >= 4 is 40.6 Å². The van der Waals surface area contributed by atoms with E-state index in [9.17, 15) is 14.4 Å². The fourth-order valence-electron chi connectivity index (χ4n) is 4.47. The van der Waals surface area contributed by atoms with E-state index in [2.05, 4.69) is 25.5 Å². The molecule has 0 radical (unpaired) electrons. The first-order valence-electron chi connectivity index (χ1n) is 11.8. The second-order valence-corrected chi connectivity index (χ2v) is 9.08. The van der Waals surface area contributed by atoms with Gasteiger partial charge in [-0.1, -0.05) is 18.5 Å². The van der Waals surface area contributed by atoms with Crippen molar-refractivity contribution in [2.45, 2.75) is 45.1 Å². The van der Waals surface area contributed by atoms with Crippen molar-refractivity contribution in [2.75, 3.05) is 36.5 Å². The van der Waals surface area contributed by atoms with Crippen molar-refractivity contribution < 1.29 is 19.1 Å². The molecule has 0 bridgehead atoms. The second-order valence-electron chi connectivity index (χ2n) is 8.68. The van der Waals surface area contributed by atoms with Crippen LogP contribution < -0.4 is 15.5 Å². The molecule has 3 N–H and O–H groups in total. The number of halogens is 1. The summed E-state index contributed by atoms with van der Waals surface area (Å²) in [5, 5.41) is 6.47. The van der Waals surface area contributed by atoms with Gasteiger partial charge in [-0.15, -0.1) is 0 Å². The summed E-state index contributed by atoms with van der Waals surface area (Å²) in [6, 6.07) is 5.62. The number of nitrogens with one attached hydrogen (secondary N) is 3. The summed E-state index contributed by atoms with van der Waals surface area (Å²) in [5.74, 6) is -0.729. The quantitative estimate of drug-likeness (QED) is 0.515. The van der Waals surface area contributed by atoms with Crippen molar-refractivity contribution in [1.82, 2.24) is 15.3 Å². The van der Waals surface area contributed by atoms with Crippen LogP contribution in [0.2, 0.25) is 5.02 Å². The molecule has 1 saturated heterocycles. The number of carbonyl (C=O) groups excluding carboxylic acids is 3. The summed E-state index contributed by atoms with van der Waals surface area (Å²) in [6.07, 6.45) is 4.30. The van der Waals surface area contributed by atoms with Gasteiger partial charge in [0.2, 0.25) is 5.91 Å². The number of aromatic nitrogens is 2. The molecule has 10 heteroatoms. The summed E-state index contributed by atoms with van der Waals surface area (Å²) in [5.41, 5.74) is 1.98. The van der Waals surface area contributed by atoms with E-state index in [-0.39, 0.29) is 47.4 Å². The lowest BCUT2D eigenvalue weighted by atomic mass is 9.85. The van der Waals surface area contributed by atoms with Gasteiger partial charge in [0.05, 0.1) is 30.3 Å². The molecule has 0 spiro atoms. The fourth-order valence-corrected chi connectivity index (χ4v) is 4.63. The summed E-state index contributed by atoms with van der Waals surface area (Å²) < 4.78 is 5.41. The molecule has 2 fully saturated rings. The van der Waals surface area contributed by atoms with E-state index in [0.717, 1.165) is 18.8 Å². The number of nitrogens with zero attached hydrogens (tertiary/aromatic N) is 2. The minimum absolute atomic E-state index is 0.0577. The van der Waals surface area contributed by atoms with Gasteiger partial charge in [-0.2, -0.15) is 0 Å². The number of imidazole rings is 1. The SMILES string of the molecule is CCC(=O)c1nc[nH]c1C(=O)NC1CCC(C(=O)Nc2cc(N3CCOCC3)ccc2Cl)CC1. The Bertz CT molecular complexity index is 1040. The van der Waals surface area contributed by atoms with Crippen LogP contribution in [0.4, 0.5) is 11.4 Å². The molecule has 2 aliphatic rings. The molecule has 1 aromatic heterocycles. The van der Waals surface area contributed by atoms with E-state index in [0.29, 0.717) is 49.6 Å². The Balaban J connectivity index is 1.31. The highest BCUT2D eigenvalue weighted by Crippen LogP contribution is 2.31. The number of ketones is 1. The van der Waals surface area contributed by atoms with Crippen LogP contribution in [-0.2, 0) is 9.53 Å². The van der Waals surface area contributed by atoms with Crippen molar-refractivity contribution in [3.8, 4) is 0 Å². The number of Topliss-reactive ketones (excluding diaryl/α,β-unsaturated/α-hetero) is 1. The van der Waals surface area contributed by atoms with Crippen LogP contribution >= 0.6 is 11.6 Å². The number of morpholine rings is 1. The van der Waals surface area contributed by atoms with Gasteiger partial charge in [0.15, 0.2) is 5.78 Å². The zero-order chi connectivity index (χ0) is 24.1. The smallest absolute Gasteiger partial charge is 0.270 e. The van der Waals surface area contributed by atoms with E-state index in [1.54, 1.807) is 13.0 Å². The average Bonchev–Trinajstić information content (AvgIpc) is 3.36. The first-order chi connectivity index (χ1) is 16.5. The largest absolute Gasteiger partial charge is 0.378 e. The molecule has 1 aliphatic carbocycles. The minimum Gasteiger partial charge on any atom is -0.378 e.